The van der Waals surface area contributed by atoms with Gasteiger partial charge in [0.2, 0.25) is 0 Å². The molecule has 0 aliphatic rings. The van der Waals surface area contributed by atoms with Crippen LogP contribution in [0.1, 0.15) is 13.3 Å². The molecule has 0 spiro atoms. The Morgan fingerprint density at radius 2 is 2.17 bits per heavy atom. The number of benzene rings is 1. The van der Waals surface area contributed by atoms with E-state index in [4.69, 9.17) is 34.4 Å². The van der Waals surface area contributed by atoms with E-state index in [9.17, 15) is 0 Å². The molecule has 0 aliphatic heterocycles. The molecule has 0 saturated heterocycles. The van der Waals surface area contributed by atoms with Gasteiger partial charge in [-0.25, -0.2) is 0 Å². The first-order chi connectivity index (χ1) is 8.54. The largest absolute Gasteiger partial charge is 0.492 e. The van der Waals surface area contributed by atoms with E-state index in [1.807, 2.05) is 14.0 Å². The summed E-state index contributed by atoms with van der Waals surface area (Å²) in [6.07, 6.45) is 6.24. The van der Waals surface area contributed by atoms with Gasteiger partial charge in [-0.05, 0) is 38.6 Å². The average Bonchev–Trinajstić information content (AvgIpc) is 2.35. The minimum absolute atomic E-state index is 0.143. The molecular weight excluding hydrogens is 269 g/mol. The third-order valence-electron chi connectivity index (χ3n) is 2.71. The van der Waals surface area contributed by atoms with E-state index in [2.05, 4.69) is 10.8 Å². The highest BCUT2D eigenvalue weighted by Crippen LogP contribution is 2.27. The number of nitrogens with zero attached hydrogens (tertiary/aromatic N) is 1. The average molecular weight is 286 g/mol. The Kier molecular flexibility index (Phi) is 6.35. The lowest BCUT2D eigenvalue weighted by Gasteiger charge is -2.20. The first kappa shape index (κ1) is 15.2. The van der Waals surface area contributed by atoms with Crippen LogP contribution in [0.15, 0.2) is 18.2 Å². The molecule has 18 heavy (non-hydrogen) atoms. The van der Waals surface area contributed by atoms with E-state index in [0.717, 1.165) is 13.0 Å². The predicted molar refractivity (Wildman–Crippen MR) is 77.5 cm³/mol. The van der Waals surface area contributed by atoms with Crippen molar-refractivity contribution in [2.24, 2.45) is 0 Å². The van der Waals surface area contributed by atoms with Gasteiger partial charge in [-0.1, -0.05) is 29.1 Å². The second kappa shape index (κ2) is 7.53. The van der Waals surface area contributed by atoms with Crippen LogP contribution < -0.4 is 4.74 Å². The molecule has 0 N–H and O–H groups in total. The molecule has 0 heterocycles. The zero-order chi connectivity index (χ0) is 13.5. The number of rotatable bonds is 6. The maximum absolute atomic E-state index is 6.00. The Hall–Kier alpha value is -0.880. The van der Waals surface area contributed by atoms with Crippen molar-refractivity contribution in [3.63, 3.8) is 0 Å². The molecule has 1 atom stereocenters. The number of ether oxygens (including phenoxy) is 1. The lowest BCUT2D eigenvalue weighted by Crippen LogP contribution is -2.29. The summed E-state index contributed by atoms with van der Waals surface area (Å²) in [6, 6.07) is 5.35. The Labute approximate surface area is 119 Å². The van der Waals surface area contributed by atoms with E-state index in [0.29, 0.717) is 22.4 Å². The topological polar surface area (TPSA) is 12.5 Å². The molecule has 98 valence electrons. The van der Waals surface area contributed by atoms with E-state index < -0.39 is 0 Å². The van der Waals surface area contributed by atoms with Gasteiger partial charge in [0.15, 0.2) is 0 Å². The zero-order valence-electron chi connectivity index (χ0n) is 10.6. The fraction of sp³-hybridized carbons (Fsp3) is 0.429. The van der Waals surface area contributed by atoms with Crippen molar-refractivity contribution in [1.29, 1.82) is 0 Å². The summed E-state index contributed by atoms with van der Waals surface area (Å²) in [5.41, 5.74) is 0. The number of hydrogen-bond donors (Lipinski definition) is 0. The lowest BCUT2D eigenvalue weighted by molar-refractivity contribution is 0.250. The summed E-state index contributed by atoms with van der Waals surface area (Å²) in [6.45, 7) is 3.48. The standard InChI is InChI=1S/C14H17Cl2NO/c1-4-11(2)17(3)8-5-9-18-14-7-6-12(15)10-13(14)16/h1,6-7,10-11H,5,8-9H2,2-3H3/t11-/m1/s1. The maximum atomic E-state index is 6.00. The van der Waals surface area contributed by atoms with Crippen molar-refractivity contribution in [2.45, 2.75) is 19.4 Å². The zero-order valence-corrected chi connectivity index (χ0v) is 12.1. The van der Waals surface area contributed by atoms with E-state index >= 15 is 0 Å². The van der Waals surface area contributed by atoms with Gasteiger partial charge in [0.1, 0.15) is 5.75 Å². The van der Waals surface area contributed by atoms with Crippen LogP contribution in [0.2, 0.25) is 10.0 Å². The van der Waals surface area contributed by atoms with Crippen LogP contribution >= 0.6 is 23.2 Å². The van der Waals surface area contributed by atoms with Crippen LogP contribution in [0.5, 0.6) is 5.75 Å². The van der Waals surface area contributed by atoms with Crippen molar-refractivity contribution in [2.75, 3.05) is 20.2 Å². The van der Waals surface area contributed by atoms with Gasteiger partial charge in [0.25, 0.3) is 0 Å². The van der Waals surface area contributed by atoms with Crippen LogP contribution in [0, 0.1) is 12.3 Å². The third-order valence-corrected chi connectivity index (χ3v) is 3.24. The summed E-state index contributed by atoms with van der Waals surface area (Å²) < 4.78 is 5.59. The van der Waals surface area contributed by atoms with E-state index in [1.54, 1.807) is 18.2 Å². The SMILES string of the molecule is C#C[C@@H](C)N(C)CCCOc1ccc(Cl)cc1Cl. The summed E-state index contributed by atoms with van der Waals surface area (Å²) >= 11 is 11.8. The molecule has 1 aromatic carbocycles. The molecule has 1 aromatic rings. The second-order valence-electron chi connectivity index (χ2n) is 4.10. The highest BCUT2D eigenvalue weighted by molar-refractivity contribution is 6.35. The van der Waals surface area contributed by atoms with Crippen LogP contribution in [-0.4, -0.2) is 31.1 Å². The molecule has 0 fully saturated rings. The molecule has 0 bridgehead atoms. The van der Waals surface area contributed by atoms with E-state index in [-0.39, 0.29) is 6.04 Å². The molecule has 0 aromatic heterocycles. The van der Waals surface area contributed by atoms with Crippen LogP contribution in [0.4, 0.5) is 0 Å². The summed E-state index contributed by atoms with van der Waals surface area (Å²) in [4.78, 5) is 2.10. The van der Waals surface area contributed by atoms with Crippen LogP contribution in [0.25, 0.3) is 0 Å². The summed E-state index contributed by atoms with van der Waals surface area (Å²) in [5.74, 6) is 3.35. The van der Waals surface area contributed by atoms with Gasteiger partial charge >= 0.3 is 0 Å². The Morgan fingerprint density at radius 1 is 1.44 bits per heavy atom. The fourth-order valence-electron chi connectivity index (χ4n) is 1.41. The minimum Gasteiger partial charge on any atom is -0.492 e. The quantitative estimate of drug-likeness (QED) is 0.584. The van der Waals surface area contributed by atoms with Crippen molar-refractivity contribution in [1.82, 2.24) is 4.90 Å². The molecule has 4 heteroatoms. The molecule has 0 aliphatic carbocycles. The van der Waals surface area contributed by atoms with Crippen molar-refractivity contribution < 1.29 is 4.74 Å². The first-order valence-electron chi connectivity index (χ1n) is 5.79. The molecule has 0 unspecified atom stereocenters. The molecule has 0 radical (unpaired) electrons. The van der Waals surface area contributed by atoms with E-state index in [1.165, 1.54) is 0 Å². The second-order valence-corrected chi connectivity index (χ2v) is 4.94. The minimum atomic E-state index is 0.143. The summed E-state index contributed by atoms with van der Waals surface area (Å²) in [7, 11) is 2.00. The summed E-state index contributed by atoms with van der Waals surface area (Å²) in [5, 5.41) is 1.14. The third kappa shape index (κ3) is 4.78. The van der Waals surface area contributed by atoms with Gasteiger partial charge in [-0.2, -0.15) is 0 Å². The Morgan fingerprint density at radius 3 is 2.78 bits per heavy atom. The first-order valence-corrected chi connectivity index (χ1v) is 6.54. The highest BCUT2D eigenvalue weighted by Gasteiger charge is 2.06. The van der Waals surface area contributed by atoms with Crippen LogP contribution in [-0.2, 0) is 0 Å². The normalized spacial score (nSPS) is 12.2. The molecule has 2 nitrogen and oxygen atoms in total. The number of halogens is 2. The fourth-order valence-corrected chi connectivity index (χ4v) is 1.87. The van der Waals surface area contributed by atoms with Crippen molar-refractivity contribution in [3.8, 4) is 18.1 Å². The van der Waals surface area contributed by atoms with Gasteiger partial charge < -0.3 is 4.74 Å². The van der Waals surface area contributed by atoms with Crippen LogP contribution in [0.3, 0.4) is 0 Å². The monoisotopic (exact) mass is 285 g/mol. The van der Waals surface area contributed by atoms with Gasteiger partial charge in [0, 0.05) is 11.6 Å². The van der Waals surface area contributed by atoms with Gasteiger partial charge in [-0.15, -0.1) is 6.42 Å². The number of hydrogen-bond acceptors (Lipinski definition) is 2. The number of terminal acetylenes is 1. The highest BCUT2D eigenvalue weighted by atomic mass is 35.5. The Balaban J connectivity index is 2.32. The molecular formula is C14H17Cl2NO. The van der Waals surface area contributed by atoms with Gasteiger partial charge in [-0.3, -0.25) is 4.90 Å². The maximum Gasteiger partial charge on any atom is 0.137 e. The van der Waals surface area contributed by atoms with Crippen molar-refractivity contribution >= 4 is 23.2 Å². The molecule has 0 amide bonds. The van der Waals surface area contributed by atoms with Crippen molar-refractivity contribution in [3.05, 3.63) is 28.2 Å². The molecule has 0 saturated carbocycles. The predicted octanol–water partition coefficient (Wildman–Crippen LogP) is 3.72. The van der Waals surface area contributed by atoms with Gasteiger partial charge in [0.05, 0.1) is 17.7 Å². The Bertz CT molecular complexity index is 428. The lowest BCUT2D eigenvalue weighted by atomic mass is 10.3. The smallest absolute Gasteiger partial charge is 0.137 e. The molecule has 1 rings (SSSR count).